The summed E-state index contributed by atoms with van der Waals surface area (Å²) in [5, 5.41) is 21.5. The van der Waals surface area contributed by atoms with Crippen LogP contribution in [0, 0.1) is 0 Å². The van der Waals surface area contributed by atoms with Crippen LogP contribution in [0.25, 0.3) is 0 Å². The van der Waals surface area contributed by atoms with E-state index in [1.165, 1.54) is 135 Å². The highest BCUT2D eigenvalue weighted by Crippen LogP contribution is 2.34. The number of carbonyl (C=O) groups excluding carboxylic acids is 1. The molecule has 2 saturated heterocycles. The summed E-state index contributed by atoms with van der Waals surface area (Å²) < 4.78 is 17.8. The molecule has 6 heteroatoms. The SMILES string of the molecule is CCCCCCCCCC[C@@H](O)[C@H]1CC[C@H]([C@H]2CC[C@H]([C@H](O)CCCCCCCCCCCCCCCCCCC3=C[C@H](C)OC3=O)O2)O1. The average molecular weight is 691 g/mol. The van der Waals surface area contributed by atoms with Gasteiger partial charge in [-0.25, -0.2) is 4.79 Å². The monoisotopic (exact) mass is 691 g/mol. The minimum absolute atomic E-state index is 0.0330. The lowest BCUT2D eigenvalue weighted by Crippen LogP contribution is -2.33. The number of unbranched alkanes of at least 4 members (excludes halogenated alkanes) is 22. The summed E-state index contributed by atoms with van der Waals surface area (Å²) in [6.45, 7) is 4.19. The van der Waals surface area contributed by atoms with Crippen molar-refractivity contribution in [1.29, 1.82) is 0 Å². The smallest absolute Gasteiger partial charge is 0.334 e. The van der Waals surface area contributed by atoms with Crippen LogP contribution in [0.2, 0.25) is 0 Å². The average Bonchev–Trinajstić information content (AvgIpc) is 3.85. The lowest BCUT2D eigenvalue weighted by atomic mass is 10.0. The van der Waals surface area contributed by atoms with Crippen molar-refractivity contribution in [2.24, 2.45) is 0 Å². The number of cyclic esters (lactones) is 1. The molecule has 0 spiro atoms. The molecular weight excluding hydrogens is 612 g/mol. The number of hydrogen-bond acceptors (Lipinski definition) is 6. The fourth-order valence-electron chi connectivity index (χ4n) is 8.31. The first-order valence-corrected chi connectivity index (χ1v) is 21.6. The van der Waals surface area contributed by atoms with Gasteiger partial charge in [-0.3, -0.25) is 0 Å². The first-order chi connectivity index (χ1) is 24.0. The van der Waals surface area contributed by atoms with E-state index in [4.69, 9.17) is 14.2 Å². The van der Waals surface area contributed by atoms with Gasteiger partial charge in [0, 0.05) is 5.57 Å². The van der Waals surface area contributed by atoms with Crippen LogP contribution in [-0.4, -0.2) is 58.9 Å². The van der Waals surface area contributed by atoms with Crippen LogP contribution in [0.4, 0.5) is 0 Å². The predicted octanol–water partition coefficient (Wildman–Crippen LogP) is 11.2. The fraction of sp³-hybridized carbons (Fsp3) is 0.930. The van der Waals surface area contributed by atoms with Gasteiger partial charge in [0.25, 0.3) is 0 Å². The van der Waals surface area contributed by atoms with Crippen molar-refractivity contribution in [3.63, 3.8) is 0 Å². The van der Waals surface area contributed by atoms with E-state index in [-0.39, 0.29) is 48.7 Å². The molecule has 0 aliphatic carbocycles. The Bertz CT molecular complexity index is 859. The van der Waals surface area contributed by atoms with Crippen LogP contribution >= 0.6 is 0 Å². The number of rotatable bonds is 31. The quantitative estimate of drug-likeness (QED) is 0.0556. The Morgan fingerprint density at radius 1 is 0.571 bits per heavy atom. The molecular formula is C43H78O6. The van der Waals surface area contributed by atoms with Crippen molar-refractivity contribution >= 4 is 5.97 Å². The molecule has 3 rings (SSSR count). The summed E-state index contributed by atoms with van der Waals surface area (Å²) in [4.78, 5) is 11.6. The first kappa shape index (κ1) is 42.5. The van der Waals surface area contributed by atoms with Crippen LogP contribution in [0.3, 0.4) is 0 Å². The van der Waals surface area contributed by atoms with Crippen LogP contribution in [0.5, 0.6) is 0 Å². The molecule has 0 saturated carbocycles. The zero-order valence-corrected chi connectivity index (χ0v) is 32.1. The number of aliphatic hydroxyl groups is 2. The summed E-state index contributed by atoms with van der Waals surface area (Å²) in [5.74, 6) is -0.103. The molecule has 0 aromatic heterocycles. The van der Waals surface area contributed by atoms with Crippen LogP contribution in [0.15, 0.2) is 11.6 Å². The number of aliphatic hydroxyl groups excluding tert-OH is 2. The minimum Gasteiger partial charge on any atom is -0.455 e. The van der Waals surface area contributed by atoms with E-state index in [0.29, 0.717) is 0 Å². The van der Waals surface area contributed by atoms with Crippen LogP contribution in [0.1, 0.15) is 213 Å². The molecule has 3 aliphatic rings. The molecule has 0 radical (unpaired) electrons. The van der Waals surface area contributed by atoms with E-state index >= 15 is 0 Å². The topological polar surface area (TPSA) is 85.2 Å². The van der Waals surface area contributed by atoms with Crippen molar-refractivity contribution in [1.82, 2.24) is 0 Å². The summed E-state index contributed by atoms with van der Waals surface area (Å²) >= 11 is 0. The third-order valence-electron chi connectivity index (χ3n) is 11.5. The molecule has 0 amide bonds. The van der Waals surface area contributed by atoms with Gasteiger partial charge in [-0.05, 0) is 64.4 Å². The van der Waals surface area contributed by atoms with Gasteiger partial charge in [0.15, 0.2) is 0 Å². The van der Waals surface area contributed by atoms with E-state index in [1.807, 2.05) is 13.0 Å². The molecule has 0 aromatic rings. The highest BCUT2D eigenvalue weighted by Gasteiger charge is 2.40. The van der Waals surface area contributed by atoms with Crippen LogP contribution in [-0.2, 0) is 19.0 Å². The third kappa shape index (κ3) is 18.4. The summed E-state index contributed by atoms with van der Waals surface area (Å²) in [6, 6.07) is 0. The lowest BCUT2D eigenvalue weighted by molar-refractivity contribution is -0.139. The molecule has 6 nitrogen and oxygen atoms in total. The largest absolute Gasteiger partial charge is 0.455 e. The number of ether oxygens (including phenoxy) is 3. The number of carbonyl (C=O) groups is 1. The zero-order valence-electron chi connectivity index (χ0n) is 32.1. The predicted molar refractivity (Wildman–Crippen MR) is 202 cm³/mol. The van der Waals surface area contributed by atoms with E-state index < -0.39 is 0 Å². The maximum atomic E-state index is 11.6. The maximum Gasteiger partial charge on any atom is 0.334 e. The van der Waals surface area contributed by atoms with Gasteiger partial charge in [-0.2, -0.15) is 0 Å². The van der Waals surface area contributed by atoms with Gasteiger partial charge >= 0.3 is 5.97 Å². The zero-order chi connectivity index (χ0) is 34.9. The van der Waals surface area contributed by atoms with Crippen molar-refractivity contribution < 1.29 is 29.2 Å². The highest BCUT2D eigenvalue weighted by atomic mass is 16.6. The van der Waals surface area contributed by atoms with Gasteiger partial charge < -0.3 is 24.4 Å². The third-order valence-corrected chi connectivity index (χ3v) is 11.5. The first-order valence-electron chi connectivity index (χ1n) is 21.6. The van der Waals surface area contributed by atoms with Crippen molar-refractivity contribution in [2.45, 2.75) is 256 Å². The Balaban J connectivity index is 1.05. The Hall–Kier alpha value is -0.950. The molecule has 49 heavy (non-hydrogen) atoms. The van der Waals surface area contributed by atoms with Gasteiger partial charge in [-0.15, -0.1) is 0 Å². The van der Waals surface area contributed by atoms with Gasteiger partial charge in [0.05, 0.1) is 36.6 Å². The van der Waals surface area contributed by atoms with Gasteiger partial charge in [0.2, 0.25) is 0 Å². The molecule has 286 valence electrons. The Morgan fingerprint density at radius 2 is 0.939 bits per heavy atom. The second kappa shape index (κ2) is 26.8. The molecule has 0 unspecified atom stereocenters. The number of hydrogen-bond donors (Lipinski definition) is 2. The van der Waals surface area contributed by atoms with Gasteiger partial charge in [0.1, 0.15) is 6.10 Å². The molecule has 0 bridgehead atoms. The van der Waals surface area contributed by atoms with Crippen LogP contribution < -0.4 is 0 Å². The molecule has 2 fully saturated rings. The molecule has 0 aromatic carbocycles. The van der Waals surface area contributed by atoms with Crippen molar-refractivity contribution in [2.75, 3.05) is 0 Å². The maximum absolute atomic E-state index is 11.6. The lowest BCUT2D eigenvalue weighted by Gasteiger charge is -2.24. The minimum atomic E-state index is -0.360. The molecule has 3 heterocycles. The Morgan fingerprint density at radius 3 is 1.31 bits per heavy atom. The fourth-order valence-corrected chi connectivity index (χ4v) is 8.31. The summed E-state index contributed by atoms with van der Waals surface area (Å²) in [6.07, 6.45) is 38.7. The van der Waals surface area contributed by atoms with Crippen molar-refractivity contribution in [3.8, 4) is 0 Å². The molecule has 7 atom stereocenters. The van der Waals surface area contributed by atoms with E-state index in [1.54, 1.807) is 0 Å². The van der Waals surface area contributed by atoms with Gasteiger partial charge in [-0.1, -0.05) is 155 Å². The Kier molecular flexibility index (Phi) is 23.2. The normalized spacial score (nSPS) is 25.2. The van der Waals surface area contributed by atoms with Crippen molar-refractivity contribution in [3.05, 3.63) is 11.6 Å². The molecule has 3 aliphatic heterocycles. The summed E-state index contributed by atoms with van der Waals surface area (Å²) in [5.41, 5.74) is 0.886. The summed E-state index contributed by atoms with van der Waals surface area (Å²) in [7, 11) is 0. The highest BCUT2D eigenvalue weighted by molar-refractivity contribution is 5.90. The number of esters is 1. The second-order valence-electron chi connectivity index (χ2n) is 16.0. The second-order valence-corrected chi connectivity index (χ2v) is 16.0. The van der Waals surface area contributed by atoms with E-state index in [2.05, 4.69) is 6.92 Å². The van der Waals surface area contributed by atoms with E-state index in [9.17, 15) is 15.0 Å². The van der Waals surface area contributed by atoms with E-state index in [0.717, 1.165) is 69.8 Å². The standard InChI is InChI=1S/C43H78O6/c1-3-4-5-6-7-19-22-25-28-37(44)39-30-32-41(48-39)42-33-31-40(49-42)38(45)29-26-23-20-17-15-13-11-9-8-10-12-14-16-18-21-24-27-36-34-35(2)47-43(36)46/h34-35,37-42,44-45H,3-33H2,1-2H3/t35-,37+,38+,39+,40+,41+,42+/m0/s1. The Labute approximate surface area is 301 Å². The molecule has 2 N–H and O–H groups in total.